The molecular weight excluding hydrogens is 342 g/mol. The maximum atomic E-state index is 12.5. The van der Waals surface area contributed by atoms with E-state index in [1.807, 2.05) is 0 Å². The molecule has 2 rings (SSSR count). The average molecular weight is 361 g/mol. The molecule has 1 aromatic rings. The van der Waals surface area contributed by atoms with Gasteiger partial charge in [0, 0.05) is 24.4 Å². The van der Waals surface area contributed by atoms with E-state index >= 15 is 0 Å². The molecule has 1 aliphatic rings. The monoisotopic (exact) mass is 361 g/mol. The van der Waals surface area contributed by atoms with E-state index in [9.17, 15) is 24.8 Å². The Morgan fingerprint density at radius 2 is 2.00 bits per heavy atom. The number of esters is 1. The summed E-state index contributed by atoms with van der Waals surface area (Å²) >= 11 is 0. The number of benzene rings is 1. The van der Waals surface area contributed by atoms with Crippen LogP contribution in [0.3, 0.4) is 0 Å². The molecule has 0 aromatic heterocycles. The van der Waals surface area contributed by atoms with Gasteiger partial charge in [-0.25, -0.2) is 4.79 Å². The van der Waals surface area contributed by atoms with E-state index in [0.717, 1.165) is 0 Å². The Morgan fingerprint density at radius 1 is 1.35 bits per heavy atom. The topological polar surface area (TPSA) is 131 Å². The minimum Gasteiger partial charge on any atom is -0.466 e. The van der Waals surface area contributed by atoms with Crippen LogP contribution in [0.15, 0.2) is 46.8 Å². The number of dihydropyridines is 1. The Balaban J connectivity index is 2.84. The number of carbonyl (C=O) groups excluding carboxylic acids is 2. The molecule has 0 aliphatic carbocycles. The van der Waals surface area contributed by atoms with E-state index in [1.54, 1.807) is 13.0 Å². The lowest BCUT2D eigenvalue weighted by Crippen LogP contribution is -2.37. The number of aliphatic hydroxyl groups excluding tert-OH is 1. The highest BCUT2D eigenvalue weighted by molar-refractivity contribution is 6.02. The fourth-order valence-corrected chi connectivity index (χ4v) is 3.01. The highest BCUT2D eigenvalue weighted by atomic mass is 16.6. The normalized spacial score (nSPS) is 16.8. The van der Waals surface area contributed by atoms with E-state index in [0.29, 0.717) is 5.70 Å². The second-order valence-corrected chi connectivity index (χ2v) is 5.53. The van der Waals surface area contributed by atoms with Crippen LogP contribution in [-0.4, -0.2) is 42.7 Å². The van der Waals surface area contributed by atoms with Crippen LogP contribution in [0, 0.1) is 10.1 Å². The fourth-order valence-electron chi connectivity index (χ4n) is 3.01. The summed E-state index contributed by atoms with van der Waals surface area (Å²) in [7, 11) is 2.58. The summed E-state index contributed by atoms with van der Waals surface area (Å²) in [5, 5.41) is 26.4. The highest BCUT2D eigenvalue weighted by Gasteiger charge is 2.40. The molecule has 1 unspecified atom stereocenters. The third-order valence-electron chi connectivity index (χ3n) is 4.12. The first-order valence-corrected chi connectivity index (χ1v) is 7.72. The van der Waals surface area contributed by atoms with E-state index < -0.39 is 29.3 Å². The molecule has 1 atom stereocenters. The van der Waals surface area contributed by atoms with Crippen LogP contribution in [0.25, 0.3) is 0 Å². The molecule has 0 bridgehead atoms. The van der Waals surface area contributed by atoms with Gasteiger partial charge in [-0.15, -0.1) is 0 Å². The van der Waals surface area contributed by atoms with Gasteiger partial charge in [-0.2, -0.15) is 0 Å². The van der Waals surface area contributed by atoms with Crippen molar-refractivity contribution >= 4 is 17.6 Å². The van der Waals surface area contributed by atoms with E-state index in [-0.39, 0.29) is 28.1 Å². The molecule has 3 N–H and O–H groups in total. The number of ether oxygens (including phenoxy) is 1. The second kappa shape index (κ2) is 7.79. The number of methoxy groups -OCH3 is 1. The van der Waals surface area contributed by atoms with Crippen LogP contribution in [-0.2, 0) is 14.3 Å². The first kappa shape index (κ1) is 19.1. The molecule has 1 heterocycles. The molecule has 9 heteroatoms. The van der Waals surface area contributed by atoms with Gasteiger partial charge in [0.15, 0.2) is 0 Å². The van der Waals surface area contributed by atoms with Crippen molar-refractivity contribution in [2.75, 3.05) is 20.8 Å². The largest absolute Gasteiger partial charge is 0.466 e. The number of carbonyl (C=O) groups is 2. The Labute approximate surface area is 149 Å². The summed E-state index contributed by atoms with van der Waals surface area (Å²) in [5.41, 5.74) is 0.512. The minimum atomic E-state index is -1.06. The molecule has 1 amide bonds. The Bertz CT molecular complexity index is 828. The summed E-state index contributed by atoms with van der Waals surface area (Å²) in [6.07, 6.45) is 0. The molecule has 0 spiro atoms. The van der Waals surface area contributed by atoms with Crippen molar-refractivity contribution in [2.45, 2.75) is 12.8 Å². The van der Waals surface area contributed by atoms with Crippen LogP contribution in [0.4, 0.5) is 5.69 Å². The molecule has 26 heavy (non-hydrogen) atoms. The zero-order valence-corrected chi connectivity index (χ0v) is 14.5. The number of rotatable bonds is 5. The van der Waals surface area contributed by atoms with Crippen LogP contribution in [0.5, 0.6) is 0 Å². The van der Waals surface area contributed by atoms with Crippen molar-refractivity contribution in [3.63, 3.8) is 0 Å². The number of hydrogen-bond acceptors (Lipinski definition) is 7. The van der Waals surface area contributed by atoms with Gasteiger partial charge in [-0.3, -0.25) is 14.9 Å². The summed E-state index contributed by atoms with van der Waals surface area (Å²) < 4.78 is 4.82. The molecule has 0 saturated carbocycles. The van der Waals surface area contributed by atoms with Crippen molar-refractivity contribution in [1.29, 1.82) is 0 Å². The van der Waals surface area contributed by atoms with Gasteiger partial charge in [-0.1, -0.05) is 18.2 Å². The van der Waals surface area contributed by atoms with Gasteiger partial charge in [0.05, 0.1) is 41.4 Å². The van der Waals surface area contributed by atoms with Crippen LogP contribution >= 0.6 is 0 Å². The quantitative estimate of drug-likeness (QED) is 0.400. The van der Waals surface area contributed by atoms with Gasteiger partial charge < -0.3 is 20.5 Å². The van der Waals surface area contributed by atoms with Gasteiger partial charge in [0.2, 0.25) is 5.91 Å². The number of aliphatic hydroxyl groups is 1. The van der Waals surface area contributed by atoms with Gasteiger partial charge in [0.1, 0.15) is 0 Å². The van der Waals surface area contributed by atoms with Gasteiger partial charge in [-0.05, 0) is 6.92 Å². The molecule has 138 valence electrons. The lowest BCUT2D eigenvalue weighted by molar-refractivity contribution is -0.385. The van der Waals surface area contributed by atoms with E-state index in [4.69, 9.17) is 4.74 Å². The number of para-hydroxylation sites is 1. The third kappa shape index (κ3) is 3.29. The Kier molecular flexibility index (Phi) is 5.73. The van der Waals surface area contributed by atoms with E-state index in [1.165, 1.54) is 32.4 Å². The molecule has 9 nitrogen and oxygen atoms in total. The predicted molar refractivity (Wildman–Crippen MR) is 91.9 cm³/mol. The maximum Gasteiger partial charge on any atom is 0.336 e. The van der Waals surface area contributed by atoms with Gasteiger partial charge in [0.25, 0.3) is 5.69 Å². The number of nitro benzene ring substituents is 1. The van der Waals surface area contributed by atoms with Crippen molar-refractivity contribution in [3.05, 3.63) is 62.5 Å². The third-order valence-corrected chi connectivity index (χ3v) is 4.12. The Morgan fingerprint density at radius 3 is 2.54 bits per heavy atom. The van der Waals surface area contributed by atoms with Crippen LogP contribution in [0.1, 0.15) is 18.4 Å². The molecule has 0 fully saturated rings. The standard InChI is InChI=1S/C17H19N3O6/c1-9-13(17(23)26-3)14(10-6-4-5-7-12(10)20(24)25)15(16(22)18-2)11(8-21)19-9/h4-7,14,19,21H,8H2,1-3H3,(H,18,22). The number of hydrogen-bond donors (Lipinski definition) is 3. The Hall–Kier alpha value is -3.20. The average Bonchev–Trinajstić information content (AvgIpc) is 2.65. The highest BCUT2D eigenvalue weighted by Crippen LogP contribution is 2.42. The number of amides is 1. The smallest absolute Gasteiger partial charge is 0.336 e. The van der Waals surface area contributed by atoms with Crippen LogP contribution in [0.2, 0.25) is 0 Å². The maximum absolute atomic E-state index is 12.5. The zero-order valence-electron chi connectivity index (χ0n) is 14.5. The van der Waals surface area contributed by atoms with Crippen molar-refractivity contribution < 1.29 is 24.4 Å². The summed E-state index contributed by atoms with van der Waals surface area (Å²) in [6, 6.07) is 5.84. The predicted octanol–water partition coefficient (Wildman–Crippen LogP) is 0.721. The summed E-state index contributed by atoms with van der Waals surface area (Å²) in [5.74, 6) is -2.36. The minimum absolute atomic E-state index is 0.0234. The number of nitrogens with one attached hydrogen (secondary N) is 2. The molecular formula is C17H19N3O6. The fraction of sp³-hybridized carbons (Fsp3) is 0.294. The lowest BCUT2D eigenvalue weighted by Gasteiger charge is -2.30. The number of allylic oxidation sites excluding steroid dienone is 1. The second-order valence-electron chi connectivity index (χ2n) is 5.53. The summed E-state index contributed by atoms with van der Waals surface area (Å²) in [4.78, 5) is 35.8. The van der Waals surface area contributed by atoms with Crippen molar-refractivity contribution in [3.8, 4) is 0 Å². The van der Waals surface area contributed by atoms with Gasteiger partial charge >= 0.3 is 5.97 Å². The number of nitrogens with zero attached hydrogens (tertiary/aromatic N) is 1. The van der Waals surface area contributed by atoms with E-state index in [2.05, 4.69) is 10.6 Å². The number of nitro groups is 1. The first-order valence-electron chi connectivity index (χ1n) is 7.72. The van der Waals surface area contributed by atoms with Crippen molar-refractivity contribution in [2.24, 2.45) is 0 Å². The molecule has 1 aromatic carbocycles. The summed E-state index contributed by atoms with van der Waals surface area (Å²) in [6.45, 7) is 1.07. The lowest BCUT2D eigenvalue weighted by atomic mass is 9.79. The van der Waals surface area contributed by atoms with Crippen LogP contribution < -0.4 is 10.6 Å². The SMILES string of the molecule is CNC(=O)C1=C(CO)NC(C)=C(C(=O)OC)C1c1ccccc1[N+](=O)[O-]. The molecule has 1 aliphatic heterocycles. The molecule has 0 radical (unpaired) electrons. The first-order chi connectivity index (χ1) is 12.4. The molecule has 0 saturated heterocycles. The van der Waals surface area contributed by atoms with Crippen molar-refractivity contribution in [1.82, 2.24) is 10.6 Å². The number of likely N-dealkylation sites (N-methyl/N-ethyl adjacent to an activating group) is 1. The zero-order chi connectivity index (χ0) is 19.4.